The summed E-state index contributed by atoms with van der Waals surface area (Å²) >= 11 is 0. The summed E-state index contributed by atoms with van der Waals surface area (Å²) in [6, 6.07) is 8.85. The molecule has 1 N–H and O–H groups in total. The van der Waals surface area contributed by atoms with Gasteiger partial charge in [0.05, 0.1) is 5.92 Å². The SMILES string of the molecule is O=C1CCC(=O)[C@@]2(C(=O)O)C1CC(=O)N2OCc1ccccc1. The van der Waals surface area contributed by atoms with E-state index < -0.39 is 29.1 Å². The fourth-order valence-corrected chi connectivity index (χ4v) is 3.24. The van der Waals surface area contributed by atoms with Crippen LogP contribution >= 0.6 is 0 Å². The molecule has 2 fully saturated rings. The maximum Gasteiger partial charge on any atom is 0.340 e. The molecule has 0 bridgehead atoms. The first-order valence-electron chi connectivity index (χ1n) is 7.27. The number of fused-ring (bicyclic) bond motifs is 1. The van der Waals surface area contributed by atoms with Gasteiger partial charge in [0.15, 0.2) is 5.78 Å². The highest BCUT2D eigenvalue weighted by atomic mass is 16.7. The van der Waals surface area contributed by atoms with Crippen LogP contribution in [0.4, 0.5) is 0 Å². The average molecular weight is 317 g/mol. The van der Waals surface area contributed by atoms with Crippen molar-refractivity contribution in [1.82, 2.24) is 5.06 Å². The maximum atomic E-state index is 12.3. The van der Waals surface area contributed by atoms with Crippen molar-refractivity contribution in [3.05, 3.63) is 35.9 Å². The summed E-state index contributed by atoms with van der Waals surface area (Å²) in [5.74, 6) is -4.39. The molecular weight excluding hydrogens is 302 g/mol. The monoisotopic (exact) mass is 317 g/mol. The second-order valence-electron chi connectivity index (χ2n) is 5.66. The van der Waals surface area contributed by atoms with Crippen molar-refractivity contribution >= 4 is 23.4 Å². The van der Waals surface area contributed by atoms with E-state index in [2.05, 4.69) is 0 Å². The molecule has 3 rings (SSSR count). The lowest BCUT2D eigenvalue weighted by Crippen LogP contribution is -2.64. The zero-order valence-corrected chi connectivity index (χ0v) is 12.2. The minimum Gasteiger partial charge on any atom is -0.479 e. The number of amides is 1. The van der Waals surface area contributed by atoms with Gasteiger partial charge in [-0.2, -0.15) is 5.06 Å². The van der Waals surface area contributed by atoms with Gasteiger partial charge in [-0.15, -0.1) is 0 Å². The number of nitrogens with zero attached hydrogens (tertiary/aromatic N) is 1. The first-order chi connectivity index (χ1) is 11.0. The molecule has 1 saturated heterocycles. The van der Waals surface area contributed by atoms with Gasteiger partial charge in [-0.1, -0.05) is 30.3 Å². The summed E-state index contributed by atoms with van der Waals surface area (Å²) in [5.41, 5.74) is -1.50. The Morgan fingerprint density at radius 3 is 2.57 bits per heavy atom. The van der Waals surface area contributed by atoms with E-state index in [1.807, 2.05) is 6.07 Å². The van der Waals surface area contributed by atoms with Crippen LogP contribution < -0.4 is 0 Å². The molecule has 0 aromatic heterocycles. The predicted octanol–water partition coefficient (Wildman–Crippen LogP) is 0.722. The van der Waals surface area contributed by atoms with Gasteiger partial charge in [0.25, 0.3) is 0 Å². The lowest BCUT2D eigenvalue weighted by molar-refractivity contribution is -0.225. The van der Waals surface area contributed by atoms with Crippen molar-refractivity contribution in [2.75, 3.05) is 0 Å². The van der Waals surface area contributed by atoms with Gasteiger partial charge in [-0.3, -0.25) is 19.2 Å². The number of carboxylic acid groups (broad SMARTS) is 1. The molecule has 1 aliphatic carbocycles. The van der Waals surface area contributed by atoms with Gasteiger partial charge in [-0.05, 0) is 5.56 Å². The van der Waals surface area contributed by atoms with Crippen LogP contribution in [0.15, 0.2) is 30.3 Å². The molecule has 1 aliphatic heterocycles. The second-order valence-corrected chi connectivity index (χ2v) is 5.66. The minimum atomic E-state index is -2.22. The van der Waals surface area contributed by atoms with Crippen molar-refractivity contribution in [2.24, 2.45) is 5.92 Å². The molecule has 120 valence electrons. The fraction of sp³-hybridized carbons (Fsp3) is 0.375. The summed E-state index contributed by atoms with van der Waals surface area (Å²) in [7, 11) is 0. The van der Waals surface area contributed by atoms with Crippen molar-refractivity contribution in [3.8, 4) is 0 Å². The molecule has 7 heteroatoms. The molecule has 1 amide bonds. The first kappa shape index (κ1) is 15.4. The van der Waals surface area contributed by atoms with Crippen LogP contribution in [0.1, 0.15) is 24.8 Å². The Hall–Kier alpha value is -2.54. The van der Waals surface area contributed by atoms with E-state index in [0.717, 1.165) is 5.56 Å². The van der Waals surface area contributed by atoms with Crippen molar-refractivity contribution in [2.45, 2.75) is 31.4 Å². The Morgan fingerprint density at radius 1 is 1.22 bits per heavy atom. The smallest absolute Gasteiger partial charge is 0.340 e. The third-order valence-corrected chi connectivity index (χ3v) is 4.37. The second kappa shape index (κ2) is 5.58. The lowest BCUT2D eigenvalue weighted by Gasteiger charge is -2.37. The number of hydrogen-bond donors (Lipinski definition) is 1. The summed E-state index contributed by atoms with van der Waals surface area (Å²) < 4.78 is 0. The quantitative estimate of drug-likeness (QED) is 0.821. The standard InChI is InChI=1S/C16H15NO6/c18-12-6-7-13(19)16(15(21)22)11(12)8-14(20)17(16)23-9-10-4-2-1-3-5-10/h1-5,11H,6-9H2,(H,21,22)/t11?,16-/m1/s1. The molecular formula is C16H15NO6. The molecule has 2 atom stereocenters. The van der Waals surface area contributed by atoms with Gasteiger partial charge >= 0.3 is 5.97 Å². The summed E-state index contributed by atoms with van der Waals surface area (Å²) in [6.07, 6.45) is -0.538. The van der Waals surface area contributed by atoms with Crippen molar-refractivity contribution < 1.29 is 29.1 Å². The predicted molar refractivity (Wildman–Crippen MR) is 75.8 cm³/mol. The topological polar surface area (TPSA) is 101 Å². The van der Waals surface area contributed by atoms with Crippen molar-refractivity contribution in [1.29, 1.82) is 0 Å². The van der Waals surface area contributed by atoms with Gasteiger partial charge < -0.3 is 5.11 Å². The van der Waals surface area contributed by atoms with E-state index in [-0.39, 0.29) is 31.7 Å². The highest BCUT2D eigenvalue weighted by Gasteiger charge is 2.68. The van der Waals surface area contributed by atoms with Gasteiger partial charge in [0.1, 0.15) is 12.4 Å². The Balaban J connectivity index is 1.94. The molecule has 7 nitrogen and oxygen atoms in total. The van der Waals surface area contributed by atoms with Gasteiger partial charge in [0.2, 0.25) is 11.4 Å². The molecule has 1 aromatic carbocycles. The largest absolute Gasteiger partial charge is 0.479 e. The van der Waals surface area contributed by atoms with Crippen LogP contribution in [-0.2, 0) is 30.6 Å². The number of carbonyl (C=O) groups excluding carboxylic acids is 3. The number of carbonyl (C=O) groups is 4. The highest BCUT2D eigenvalue weighted by Crippen LogP contribution is 2.43. The van der Waals surface area contributed by atoms with E-state index in [0.29, 0.717) is 5.06 Å². The van der Waals surface area contributed by atoms with E-state index in [9.17, 15) is 24.3 Å². The fourth-order valence-electron chi connectivity index (χ4n) is 3.24. The number of rotatable bonds is 4. The number of benzene rings is 1. The average Bonchev–Trinajstić information content (AvgIpc) is 2.85. The summed E-state index contributed by atoms with van der Waals surface area (Å²) in [4.78, 5) is 53.8. The zero-order valence-electron chi connectivity index (χ0n) is 12.2. The van der Waals surface area contributed by atoms with E-state index in [1.165, 1.54) is 0 Å². The maximum absolute atomic E-state index is 12.3. The Bertz CT molecular complexity index is 685. The van der Waals surface area contributed by atoms with Crippen LogP contribution in [-0.4, -0.2) is 39.2 Å². The number of Topliss-reactive ketones (excluding diaryl/α,β-unsaturated/α-hetero) is 2. The number of hydrogen-bond acceptors (Lipinski definition) is 5. The van der Waals surface area contributed by atoms with E-state index in [1.54, 1.807) is 24.3 Å². The Labute approximate surface area is 131 Å². The zero-order chi connectivity index (χ0) is 16.6. The van der Waals surface area contributed by atoms with Crippen LogP contribution in [0, 0.1) is 5.92 Å². The normalized spacial score (nSPS) is 27.2. The molecule has 23 heavy (non-hydrogen) atoms. The summed E-state index contributed by atoms with van der Waals surface area (Å²) in [5, 5.41) is 10.2. The molecule has 1 heterocycles. The molecule has 2 aliphatic rings. The lowest BCUT2D eigenvalue weighted by atomic mass is 9.72. The number of aliphatic carboxylic acids is 1. The first-order valence-corrected chi connectivity index (χ1v) is 7.27. The molecule has 0 spiro atoms. The molecule has 1 unspecified atom stereocenters. The molecule has 1 aromatic rings. The van der Waals surface area contributed by atoms with E-state index in [4.69, 9.17) is 4.84 Å². The molecule has 1 saturated carbocycles. The summed E-state index contributed by atoms with van der Waals surface area (Å²) in [6.45, 7) is -0.0597. The third-order valence-electron chi connectivity index (χ3n) is 4.37. The van der Waals surface area contributed by atoms with Gasteiger partial charge in [0, 0.05) is 19.3 Å². The minimum absolute atomic E-state index is 0.0294. The number of carboxylic acids is 1. The van der Waals surface area contributed by atoms with Crippen LogP contribution in [0.2, 0.25) is 0 Å². The third kappa shape index (κ3) is 2.24. The number of ketones is 2. The Kier molecular flexibility index (Phi) is 3.73. The van der Waals surface area contributed by atoms with Crippen LogP contribution in [0.3, 0.4) is 0 Å². The van der Waals surface area contributed by atoms with Crippen LogP contribution in [0.5, 0.6) is 0 Å². The highest BCUT2D eigenvalue weighted by molar-refractivity contribution is 6.19. The van der Waals surface area contributed by atoms with E-state index >= 15 is 0 Å². The van der Waals surface area contributed by atoms with Crippen LogP contribution in [0.25, 0.3) is 0 Å². The molecule has 0 radical (unpaired) electrons. The van der Waals surface area contributed by atoms with Crippen molar-refractivity contribution in [3.63, 3.8) is 0 Å². The van der Waals surface area contributed by atoms with Gasteiger partial charge in [-0.25, -0.2) is 4.79 Å². The Morgan fingerprint density at radius 2 is 1.91 bits per heavy atom. The number of hydroxylamine groups is 2.